The van der Waals surface area contributed by atoms with Crippen LogP contribution in [0.2, 0.25) is 0 Å². The molecule has 0 bridgehead atoms. The van der Waals surface area contributed by atoms with Crippen LogP contribution in [0.1, 0.15) is 34.7 Å². The van der Waals surface area contributed by atoms with Crippen molar-refractivity contribution in [1.29, 1.82) is 0 Å². The second-order valence-corrected chi connectivity index (χ2v) is 8.33. The van der Waals surface area contributed by atoms with Crippen molar-refractivity contribution in [3.8, 4) is 0 Å². The van der Waals surface area contributed by atoms with Crippen molar-refractivity contribution in [2.45, 2.75) is 33.2 Å². The third-order valence-corrected chi connectivity index (χ3v) is 6.14. The lowest BCUT2D eigenvalue weighted by Gasteiger charge is -2.36. The Morgan fingerprint density at radius 1 is 1.17 bits per heavy atom. The molecule has 0 unspecified atom stereocenters. The summed E-state index contributed by atoms with van der Waals surface area (Å²) in [6.07, 6.45) is 4.08. The number of nitrogens with zero attached hydrogens (tertiary/aromatic N) is 5. The predicted octanol–water partition coefficient (Wildman–Crippen LogP) is 2.37. The molecule has 3 heterocycles. The summed E-state index contributed by atoms with van der Waals surface area (Å²) in [6.45, 7) is 7.02. The van der Waals surface area contributed by atoms with Gasteiger partial charge in [0, 0.05) is 38.4 Å². The largest absolute Gasteiger partial charge is 0.368 e. The molecule has 8 nitrogen and oxygen atoms in total. The van der Waals surface area contributed by atoms with Crippen molar-refractivity contribution < 1.29 is 9.32 Å². The van der Waals surface area contributed by atoms with Gasteiger partial charge >= 0.3 is 0 Å². The SMILES string of the molecule is Cc1noc(C)c1C(=O)N1CCN(c2ccc3c(=O)n(CC4CC4)cnc3c2)CC1. The Balaban J connectivity index is 1.31. The molecule has 0 atom stereocenters. The Kier molecular flexibility index (Phi) is 4.56. The minimum atomic E-state index is -0.0257. The van der Waals surface area contributed by atoms with Crippen LogP contribution in [0.15, 0.2) is 33.8 Å². The fraction of sp³-hybridized carbons (Fsp3) is 0.455. The van der Waals surface area contributed by atoms with Gasteiger partial charge in [0.2, 0.25) is 0 Å². The smallest absolute Gasteiger partial charge is 0.261 e. The number of carbonyl (C=O) groups excluding carboxylic acids is 1. The van der Waals surface area contributed by atoms with Gasteiger partial charge in [-0.25, -0.2) is 4.98 Å². The van der Waals surface area contributed by atoms with Gasteiger partial charge in [-0.15, -0.1) is 0 Å². The van der Waals surface area contributed by atoms with Gasteiger partial charge in [-0.05, 0) is 50.8 Å². The molecule has 1 saturated heterocycles. The van der Waals surface area contributed by atoms with Crippen LogP contribution in [-0.2, 0) is 6.54 Å². The Morgan fingerprint density at radius 3 is 2.60 bits per heavy atom. The van der Waals surface area contributed by atoms with Crippen LogP contribution in [0.5, 0.6) is 0 Å². The van der Waals surface area contributed by atoms with E-state index in [4.69, 9.17) is 4.52 Å². The minimum absolute atomic E-state index is 0.0257. The van der Waals surface area contributed by atoms with Gasteiger partial charge in [0.25, 0.3) is 11.5 Å². The third kappa shape index (κ3) is 3.36. The number of amides is 1. The first-order chi connectivity index (χ1) is 14.5. The van der Waals surface area contributed by atoms with E-state index in [1.54, 1.807) is 24.7 Å². The van der Waals surface area contributed by atoms with E-state index in [-0.39, 0.29) is 11.5 Å². The zero-order valence-electron chi connectivity index (χ0n) is 17.3. The van der Waals surface area contributed by atoms with E-state index < -0.39 is 0 Å². The fourth-order valence-corrected chi connectivity index (χ4v) is 4.17. The molecule has 1 amide bonds. The highest BCUT2D eigenvalue weighted by Crippen LogP contribution is 2.30. The van der Waals surface area contributed by atoms with Crippen LogP contribution in [0.3, 0.4) is 0 Å². The van der Waals surface area contributed by atoms with Crippen molar-refractivity contribution in [2.75, 3.05) is 31.1 Å². The van der Waals surface area contributed by atoms with Gasteiger partial charge in [-0.1, -0.05) is 5.16 Å². The summed E-state index contributed by atoms with van der Waals surface area (Å²) in [5.74, 6) is 1.17. The summed E-state index contributed by atoms with van der Waals surface area (Å²) < 4.78 is 6.87. The maximum Gasteiger partial charge on any atom is 0.261 e. The van der Waals surface area contributed by atoms with E-state index in [2.05, 4.69) is 15.0 Å². The molecule has 8 heteroatoms. The summed E-state index contributed by atoms with van der Waals surface area (Å²) >= 11 is 0. The lowest BCUT2D eigenvalue weighted by atomic mass is 10.1. The predicted molar refractivity (Wildman–Crippen MR) is 113 cm³/mol. The van der Waals surface area contributed by atoms with Gasteiger partial charge in [0.1, 0.15) is 11.3 Å². The third-order valence-electron chi connectivity index (χ3n) is 6.14. The van der Waals surface area contributed by atoms with Gasteiger partial charge in [0.15, 0.2) is 0 Å². The number of aromatic nitrogens is 3. The highest BCUT2D eigenvalue weighted by Gasteiger charge is 2.27. The molecule has 0 N–H and O–H groups in total. The number of rotatable bonds is 4. The second kappa shape index (κ2) is 7.27. The van der Waals surface area contributed by atoms with Crippen molar-refractivity contribution >= 4 is 22.5 Å². The second-order valence-electron chi connectivity index (χ2n) is 8.33. The molecular formula is C22H25N5O3. The molecule has 30 heavy (non-hydrogen) atoms. The van der Waals surface area contributed by atoms with E-state index in [1.165, 1.54) is 12.8 Å². The fourth-order valence-electron chi connectivity index (χ4n) is 4.17. The van der Waals surface area contributed by atoms with Gasteiger partial charge in [-0.2, -0.15) is 0 Å². The summed E-state index contributed by atoms with van der Waals surface area (Å²) in [4.78, 5) is 34.2. The lowest BCUT2D eigenvalue weighted by molar-refractivity contribution is 0.0744. The lowest BCUT2D eigenvalue weighted by Crippen LogP contribution is -2.49. The zero-order chi connectivity index (χ0) is 20.8. The number of hydrogen-bond donors (Lipinski definition) is 0. The summed E-state index contributed by atoms with van der Waals surface area (Å²) in [7, 11) is 0. The summed E-state index contributed by atoms with van der Waals surface area (Å²) in [5.41, 5.74) is 2.99. The van der Waals surface area contributed by atoms with Crippen LogP contribution in [0.4, 0.5) is 5.69 Å². The molecule has 0 spiro atoms. The average Bonchev–Trinajstić information content (AvgIpc) is 3.52. The molecule has 1 aromatic carbocycles. The first-order valence-electron chi connectivity index (χ1n) is 10.5. The first-order valence-corrected chi connectivity index (χ1v) is 10.5. The highest BCUT2D eigenvalue weighted by atomic mass is 16.5. The number of fused-ring (bicyclic) bond motifs is 1. The van der Waals surface area contributed by atoms with Crippen LogP contribution in [0, 0.1) is 19.8 Å². The van der Waals surface area contributed by atoms with E-state index in [0.29, 0.717) is 41.4 Å². The summed E-state index contributed by atoms with van der Waals surface area (Å²) in [6, 6.07) is 5.84. The maximum absolute atomic E-state index is 12.8. The van der Waals surface area contributed by atoms with Crippen molar-refractivity contribution in [3.63, 3.8) is 0 Å². The molecule has 1 aliphatic carbocycles. The van der Waals surface area contributed by atoms with E-state index >= 15 is 0 Å². The molecule has 2 fully saturated rings. The number of hydrogen-bond acceptors (Lipinski definition) is 6. The molecule has 3 aromatic rings. The molecule has 2 aromatic heterocycles. The van der Waals surface area contributed by atoms with Gasteiger partial charge in [-0.3, -0.25) is 14.2 Å². The van der Waals surface area contributed by atoms with Crippen molar-refractivity contribution in [1.82, 2.24) is 19.6 Å². The van der Waals surface area contributed by atoms with Crippen LogP contribution in [-0.4, -0.2) is 51.7 Å². The Hall–Kier alpha value is -3.16. The highest BCUT2D eigenvalue weighted by molar-refractivity contribution is 5.96. The number of benzene rings is 1. The number of piperazine rings is 1. The quantitative estimate of drug-likeness (QED) is 0.660. The minimum Gasteiger partial charge on any atom is -0.368 e. The van der Waals surface area contributed by atoms with Crippen LogP contribution >= 0.6 is 0 Å². The normalized spacial score (nSPS) is 17.0. The van der Waals surface area contributed by atoms with Gasteiger partial charge < -0.3 is 14.3 Å². The van der Waals surface area contributed by atoms with Crippen LogP contribution < -0.4 is 10.5 Å². The molecular weight excluding hydrogens is 382 g/mol. The van der Waals surface area contributed by atoms with Crippen molar-refractivity contribution in [2.24, 2.45) is 5.92 Å². The van der Waals surface area contributed by atoms with Crippen molar-refractivity contribution in [3.05, 3.63) is 51.9 Å². The topological polar surface area (TPSA) is 84.5 Å². The zero-order valence-corrected chi connectivity index (χ0v) is 17.3. The monoisotopic (exact) mass is 407 g/mol. The van der Waals surface area contributed by atoms with E-state index in [1.807, 2.05) is 23.1 Å². The number of aryl methyl sites for hydroxylation is 2. The molecule has 1 saturated carbocycles. The molecule has 0 radical (unpaired) electrons. The van der Waals surface area contributed by atoms with E-state index in [0.717, 1.165) is 30.8 Å². The molecule has 2 aliphatic rings. The van der Waals surface area contributed by atoms with Crippen LogP contribution in [0.25, 0.3) is 10.9 Å². The Morgan fingerprint density at radius 2 is 1.93 bits per heavy atom. The molecule has 5 rings (SSSR count). The van der Waals surface area contributed by atoms with E-state index in [9.17, 15) is 9.59 Å². The first kappa shape index (κ1) is 18.8. The maximum atomic E-state index is 12.8. The Labute approximate surface area is 174 Å². The Bertz CT molecular complexity index is 1150. The number of anilines is 1. The summed E-state index contributed by atoms with van der Waals surface area (Å²) in [5, 5.41) is 4.55. The van der Waals surface area contributed by atoms with Gasteiger partial charge in [0.05, 0.1) is 22.9 Å². The average molecular weight is 407 g/mol. The number of carbonyl (C=O) groups is 1. The molecule has 156 valence electrons. The standard InChI is InChI=1S/C22H25N5O3/c1-14-20(15(2)30-24-14)22(29)26-9-7-25(8-10-26)17-5-6-18-19(11-17)23-13-27(21(18)28)12-16-3-4-16/h5-6,11,13,16H,3-4,7-10,12H2,1-2H3. The molecule has 1 aliphatic heterocycles.